The van der Waals surface area contributed by atoms with E-state index in [1.165, 1.54) is 0 Å². The topological polar surface area (TPSA) is 106 Å². The van der Waals surface area contributed by atoms with Gasteiger partial charge in [0.05, 0.1) is 11.8 Å². The Hall–Kier alpha value is -1.40. The second-order valence-electron chi connectivity index (χ2n) is 7.10. The molecule has 3 rings (SSSR count). The molecule has 7 nitrogen and oxygen atoms in total. The number of nitrogen functional groups attached to an aromatic ring is 1. The summed E-state index contributed by atoms with van der Waals surface area (Å²) in [4.78, 5) is 8.75. The number of imidazole rings is 1. The molecule has 3 heterocycles. The van der Waals surface area contributed by atoms with Crippen molar-refractivity contribution in [3.63, 3.8) is 0 Å². The number of fused-ring (bicyclic) bond motifs is 1. The van der Waals surface area contributed by atoms with Crippen molar-refractivity contribution in [1.29, 1.82) is 0 Å². The first kappa shape index (κ1) is 17.4. The zero-order valence-corrected chi connectivity index (χ0v) is 15.1. The molecular formula is C16H25N4O3P. The standard InChI is InChI=1S/C16H25N4O3P/c1-9-19-12-10(17)5-7-18-15(12)20(9)16-14(22)13(21)11(23-16)6-8-24(2,3)4/h5,7,11,13-14,16,21-22H,2,6,8H2,1,3-4H3,(H2,17,18)/t11?,13-,14-,16-/m1/s1. The molecule has 2 aromatic rings. The molecule has 1 aliphatic rings. The first-order chi connectivity index (χ1) is 11.2. The van der Waals surface area contributed by atoms with Crippen molar-refractivity contribution >= 4 is 30.0 Å². The average molecular weight is 352 g/mol. The second-order valence-corrected chi connectivity index (χ2v) is 11.4. The number of pyridine rings is 1. The smallest absolute Gasteiger partial charge is 0.165 e. The second kappa shape index (κ2) is 6.15. The van der Waals surface area contributed by atoms with Crippen molar-refractivity contribution in [3.05, 3.63) is 18.1 Å². The Balaban J connectivity index is 1.92. The van der Waals surface area contributed by atoms with E-state index in [0.717, 1.165) is 6.16 Å². The van der Waals surface area contributed by atoms with Crippen molar-refractivity contribution in [3.8, 4) is 0 Å². The summed E-state index contributed by atoms with van der Waals surface area (Å²) in [5, 5.41) is 20.9. The van der Waals surface area contributed by atoms with Gasteiger partial charge in [0.25, 0.3) is 0 Å². The first-order valence-corrected chi connectivity index (χ1v) is 11.0. The fourth-order valence-corrected chi connectivity index (χ4v) is 4.03. The molecule has 1 unspecified atom stereocenters. The highest BCUT2D eigenvalue weighted by Gasteiger charge is 2.44. The van der Waals surface area contributed by atoms with Crippen LogP contribution in [0.15, 0.2) is 12.3 Å². The van der Waals surface area contributed by atoms with Crippen LogP contribution in [-0.2, 0) is 4.74 Å². The van der Waals surface area contributed by atoms with Crippen molar-refractivity contribution in [2.24, 2.45) is 0 Å². The Morgan fingerprint density at radius 3 is 2.75 bits per heavy atom. The molecule has 8 heteroatoms. The van der Waals surface area contributed by atoms with E-state index in [0.29, 0.717) is 29.1 Å². The van der Waals surface area contributed by atoms with E-state index >= 15 is 0 Å². The SMILES string of the molecule is C=P(C)(C)CCC1O[C@@H](n2c(C)nc3c(N)ccnc32)[C@H](O)[C@@H]1O. The van der Waals surface area contributed by atoms with E-state index in [1.54, 1.807) is 16.8 Å². The molecule has 1 fully saturated rings. The van der Waals surface area contributed by atoms with Gasteiger partial charge in [-0.05, 0) is 38.9 Å². The van der Waals surface area contributed by atoms with E-state index in [2.05, 4.69) is 29.6 Å². The van der Waals surface area contributed by atoms with Gasteiger partial charge in [0, 0.05) is 6.20 Å². The molecule has 1 aliphatic heterocycles. The predicted molar refractivity (Wildman–Crippen MR) is 98.0 cm³/mol. The number of nitrogens with zero attached hydrogens (tertiary/aromatic N) is 3. The number of ether oxygens (including phenoxy) is 1. The third kappa shape index (κ3) is 3.09. The fraction of sp³-hybridized carbons (Fsp3) is 0.562. The zero-order valence-electron chi connectivity index (χ0n) is 14.3. The molecule has 132 valence electrons. The quantitative estimate of drug-likeness (QED) is 0.710. The largest absolute Gasteiger partial charge is 0.397 e. The molecule has 4 atom stereocenters. The summed E-state index contributed by atoms with van der Waals surface area (Å²) in [7, 11) is 0. The average Bonchev–Trinajstić information content (AvgIpc) is 2.96. The number of aliphatic hydroxyl groups is 2. The molecule has 4 N–H and O–H groups in total. The van der Waals surface area contributed by atoms with Crippen LogP contribution in [0.5, 0.6) is 0 Å². The highest BCUT2D eigenvalue weighted by Crippen LogP contribution is 2.40. The van der Waals surface area contributed by atoms with Crippen LogP contribution < -0.4 is 5.73 Å². The van der Waals surface area contributed by atoms with Crippen LogP contribution in [0.3, 0.4) is 0 Å². The lowest BCUT2D eigenvalue weighted by atomic mass is 10.1. The fourth-order valence-electron chi connectivity index (χ4n) is 3.08. The van der Waals surface area contributed by atoms with Gasteiger partial charge >= 0.3 is 0 Å². The van der Waals surface area contributed by atoms with Gasteiger partial charge in [0.2, 0.25) is 0 Å². The van der Waals surface area contributed by atoms with Crippen LogP contribution >= 0.6 is 6.89 Å². The summed E-state index contributed by atoms with van der Waals surface area (Å²) in [6.07, 6.45) is 4.20. The van der Waals surface area contributed by atoms with E-state index in [1.807, 2.05) is 6.92 Å². The Bertz CT molecular complexity index is 800. The van der Waals surface area contributed by atoms with Gasteiger partial charge in [-0.2, -0.15) is 0 Å². The number of anilines is 1. The molecular weight excluding hydrogens is 327 g/mol. The maximum Gasteiger partial charge on any atom is 0.165 e. The number of aromatic nitrogens is 3. The van der Waals surface area contributed by atoms with Crippen LogP contribution in [0.25, 0.3) is 11.2 Å². The summed E-state index contributed by atoms with van der Waals surface area (Å²) in [5.74, 6) is 0.636. The lowest BCUT2D eigenvalue weighted by Crippen LogP contribution is -2.32. The van der Waals surface area contributed by atoms with Gasteiger partial charge < -0.3 is 20.7 Å². The van der Waals surface area contributed by atoms with Gasteiger partial charge in [0.15, 0.2) is 11.9 Å². The molecule has 1 saturated heterocycles. The van der Waals surface area contributed by atoms with Crippen molar-refractivity contribution in [2.45, 2.75) is 37.9 Å². The summed E-state index contributed by atoms with van der Waals surface area (Å²) >= 11 is 0. The minimum atomic E-state index is -1.22. The van der Waals surface area contributed by atoms with E-state index < -0.39 is 31.4 Å². The minimum absolute atomic E-state index is 0.427. The van der Waals surface area contributed by atoms with Gasteiger partial charge in [0.1, 0.15) is 23.5 Å². The Labute approximate surface area is 141 Å². The predicted octanol–water partition coefficient (Wildman–Crippen LogP) is 1.04. The van der Waals surface area contributed by atoms with Crippen LogP contribution in [0.4, 0.5) is 5.69 Å². The van der Waals surface area contributed by atoms with Crippen LogP contribution in [0, 0.1) is 6.92 Å². The van der Waals surface area contributed by atoms with E-state index in [4.69, 9.17) is 10.5 Å². The van der Waals surface area contributed by atoms with Crippen molar-refractivity contribution in [2.75, 3.05) is 25.2 Å². The first-order valence-electron chi connectivity index (χ1n) is 7.97. The maximum atomic E-state index is 10.5. The molecule has 0 aliphatic carbocycles. The summed E-state index contributed by atoms with van der Waals surface area (Å²) in [6.45, 7) is 4.87. The van der Waals surface area contributed by atoms with Crippen molar-refractivity contribution < 1.29 is 14.9 Å². The Morgan fingerprint density at radius 2 is 2.08 bits per heavy atom. The van der Waals surface area contributed by atoms with Crippen LogP contribution in [-0.4, -0.2) is 68.9 Å². The molecule has 0 saturated carbocycles. The van der Waals surface area contributed by atoms with Gasteiger partial charge in [-0.3, -0.25) is 4.57 Å². The van der Waals surface area contributed by atoms with Gasteiger partial charge in [-0.1, -0.05) is 0 Å². The summed E-state index contributed by atoms with van der Waals surface area (Å²) < 4.78 is 7.70. The third-order valence-electron chi connectivity index (χ3n) is 4.40. The summed E-state index contributed by atoms with van der Waals surface area (Å²) in [5.41, 5.74) is 7.60. The molecule has 0 bridgehead atoms. The minimum Gasteiger partial charge on any atom is -0.397 e. The number of aryl methyl sites for hydroxylation is 1. The zero-order chi connectivity index (χ0) is 17.6. The highest BCUT2D eigenvalue weighted by molar-refractivity contribution is 7.72. The molecule has 0 aromatic carbocycles. The Morgan fingerprint density at radius 1 is 1.38 bits per heavy atom. The molecule has 0 amide bonds. The molecule has 0 radical (unpaired) electrons. The molecule has 24 heavy (non-hydrogen) atoms. The Kier molecular flexibility index (Phi) is 4.47. The van der Waals surface area contributed by atoms with E-state index in [-0.39, 0.29) is 0 Å². The lowest BCUT2D eigenvalue weighted by molar-refractivity contribution is -0.0363. The van der Waals surface area contributed by atoms with Gasteiger partial charge in [-0.25, -0.2) is 9.97 Å². The van der Waals surface area contributed by atoms with Crippen LogP contribution in [0.2, 0.25) is 0 Å². The number of rotatable bonds is 4. The molecule has 2 aromatic heterocycles. The monoisotopic (exact) mass is 352 g/mol. The number of hydrogen-bond donors (Lipinski definition) is 3. The normalized spacial score (nSPS) is 27.9. The highest BCUT2D eigenvalue weighted by atomic mass is 31.2. The van der Waals surface area contributed by atoms with Gasteiger partial charge in [-0.15, -0.1) is 13.2 Å². The van der Waals surface area contributed by atoms with E-state index in [9.17, 15) is 10.2 Å². The lowest BCUT2D eigenvalue weighted by Gasteiger charge is -2.19. The number of hydrogen-bond acceptors (Lipinski definition) is 6. The third-order valence-corrected chi connectivity index (χ3v) is 5.87. The molecule has 0 spiro atoms. The maximum absolute atomic E-state index is 10.5. The number of nitrogens with two attached hydrogens (primary N) is 1. The number of aliphatic hydroxyl groups excluding tert-OH is 2. The van der Waals surface area contributed by atoms with Crippen LogP contribution in [0.1, 0.15) is 18.5 Å². The van der Waals surface area contributed by atoms with Crippen molar-refractivity contribution in [1.82, 2.24) is 14.5 Å². The summed E-state index contributed by atoms with van der Waals surface area (Å²) in [6, 6.07) is 1.68.